The minimum atomic E-state index is -0.170. The average Bonchev–Trinajstić information content (AvgIpc) is 3.37. The van der Waals surface area contributed by atoms with Crippen molar-refractivity contribution in [3.63, 3.8) is 0 Å². The molecule has 1 heterocycles. The minimum absolute atomic E-state index is 0.170. The van der Waals surface area contributed by atoms with Crippen LogP contribution in [0.2, 0.25) is 0 Å². The Morgan fingerprint density at radius 2 is 1.02 bits per heavy atom. The van der Waals surface area contributed by atoms with E-state index in [-0.39, 0.29) is 5.41 Å². The fourth-order valence-electron chi connectivity index (χ4n) is 7.58. The molecule has 0 amide bonds. The molecule has 47 heavy (non-hydrogen) atoms. The van der Waals surface area contributed by atoms with Gasteiger partial charge in [-0.2, -0.15) is 0 Å². The number of hydrogen-bond acceptors (Lipinski definition) is 2. The first-order valence-electron chi connectivity index (χ1n) is 16.3. The molecular weight excluding hydrogens is 571 g/mol. The third kappa shape index (κ3) is 4.26. The van der Waals surface area contributed by atoms with Crippen molar-refractivity contribution < 1.29 is 4.74 Å². The van der Waals surface area contributed by atoms with Crippen LogP contribution in [0.25, 0.3) is 44.5 Å². The van der Waals surface area contributed by atoms with Gasteiger partial charge in [-0.15, -0.1) is 0 Å². The van der Waals surface area contributed by atoms with Crippen LogP contribution in [0.4, 0.5) is 17.1 Å². The first kappa shape index (κ1) is 27.5. The second kappa shape index (κ2) is 10.6. The lowest BCUT2D eigenvalue weighted by molar-refractivity contribution is 0.478. The summed E-state index contributed by atoms with van der Waals surface area (Å²) in [5.74, 6) is 1.75. The van der Waals surface area contributed by atoms with Crippen LogP contribution < -0.4 is 9.64 Å². The smallest absolute Gasteiger partial charge is 0.160 e. The molecule has 0 unspecified atom stereocenters. The third-order valence-corrected chi connectivity index (χ3v) is 9.86. The van der Waals surface area contributed by atoms with E-state index in [9.17, 15) is 0 Å². The van der Waals surface area contributed by atoms with E-state index in [1.54, 1.807) is 0 Å². The van der Waals surface area contributed by atoms with E-state index in [0.29, 0.717) is 0 Å². The maximum absolute atomic E-state index is 7.15. The van der Waals surface area contributed by atoms with Crippen LogP contribution in [0.3, 0.4) is 0 Å². The summed E-state index contributed by atoms with van der Waals surface area (Å²) in [6, 6.07) is 58.6. The monoisotopic (exact) mass is 603 g/mol. The fraction of sp³-hybridized carbons (Fsp3) is 0.0667. The van der Waals surface area contributed by atoms with Crippen LogP contribution in [0.5, 0.6) is 11.5 Å². The van der Waals surface area contributed by atoms with Gasteiger partial charge in [-0.3, -0.25) is 0 Å². The second-order valence-electron chi connectivity index (χ2n) is 12.9. The first-order valence-corrected chi connectivity index (χ1v) is 16.3. The minimum Gasteiger partial charge on any atom is -0.452 e. The molecule has 224 valence electrons. The molecule has 0 atom stereocenters. The summed E-state index contributed by atoms with van der Waals surface area (Å²) < 4.78 is 7.15. The van der Waals surface area contributed by atoms with Gasteiger partial charge in [-0.1, -0.05) is 147 Å². The van der Waals surface area contributed by atoms with Crippen LogP contribution >= 0.6 is 0 Å². The summed E-state index contributed by atoms with van der Waals surface area (Å²) in [5.41, 5.74) is 15.1. The van der Waals surface area contributed by atoms with Crippen LogP contribution in [-0.4, -0.2) is 0 Å². The SMILES string of the molecule is CC1(C)c2ccccc2-c2c1cc(-c1ccccc1)c1c2Oc2ccc(-c3ccccc3-c3ccccc3)cc2N1c1ccccc1. The van der Waals surface area contributed by atoms with E-state index < -0.39 is 0 Å². The first-order chi connectivity index (χ1) is 23.1. The maximum atomic E-state index is 7.15. The molecule has 2 nitrogen and oxygen atoms in total. The van der Waals surface area contributed by atoms with Crippen molar-refractivity contribution in [1.29, 1.82) is 0 Å². The number of ether oxygens (including phenoxy) is 1. The zero-order chi connectivity index (χ0) is 31.5. The molecule has 7 aromatic carbocycles. The van der Waals surface area contributed by atoms with Gasteiger partial charge < -0.3 is 9.64 Å². The van der Waals surface area contributed by atoms with Crippen LogP contribution in [-0.2, 0) is 5.41 Å². The normalized spacial score (nSPS) is 13.6. The summed E-state index contributed by atoms with van der Waals surface area (Å²) in [4.78, 5) is 2.42. The van der Waals surface area contributed by atoms with E-state index >= 15 is 0 Å². The van der Waals surface area contributed by atoms with Gasteiger partial charge in [0.25, 0.3) is 0 Å². The molecule has 0 saturated heterocycles. The fourth-order valence-corrected chi connectivity index (χ4v) is 7.58. The Hall–Kier alpha value is -5.86. The predicted molar refractivity (Wildman–Crippen MR) is 195 cm³/mol. The van der Waals surface area contributed by atoms with Crippen LogP contribution in [0.1, 0.15) is 25.0 Å². The van der Waals surface area contributed by atoms with Crippen molar-refractivity contribution in [2.24, 2.45) is 0 Å². The number of benzene rings is 7. The quantitative estimate of drug-likeness (QED) is 0.198. The second-order valence-corrected chi connectivity index (χ2v) is 12.9. The maximum Gasteiger partial charge on any atom is 0.160 e. The summed E-state index contributed by atoms with van der Waals surface area (Å²) in [5, 5.41) is 0. The third-order valence-electron chi connectivity index (χ3n) is 9.86. The van der Waals surface area contributed by atoms with E-state index in [1.807, 2.05) is 0 Å². The summed E-state index contributed by atoms with van der Waals surface area (Å²) in [6.45, 7) is 4.67. The van der Waals surface area contributed by atoms with Crippen molar-refractivity contribution >= 4 is 17.1 Å². The number of nitrogens with zero attached hydrogens (tertiary/aromatic N) is 1. The lowest BCUT2D eigenvalue weighted by atomic mass is 9.81. The molecule has 2 aliphatic rings. The molecule has 2 heteroatoms. The molecule has 9 rings (SSSR count). The zero-order valence-electron chi connectivity index (χ0n) is 26.4. The Morgan fingerprint density at radius 1 is 0.468 bits per heavy atom. The summed E-state index contributed by atoms with van der Waals surface area (Å²) >= 11 is 0. The molecule has 0 bridgehead atoms. The Labute approximate surface area is 276 Å². The van der Waals surface area contributed by atoms with Crippen molar-refractivity contribution in [1.82, 2.24) is 0 Å². The number of anilines is 3. The van der Waals surface area contributed by atoms with Gasteiger partial charge in [0.1, 0.15) is 0 Å². The zero-order valence-corrected chi connectivity index (χ0v) is 26.4. The highest BCUT2D eigenvalue weighted by Crippen LogP contribution is 2.63. The Bertz CT molecular complexity index is 2290. The largest absolute Gasteiger partial charge is 0.452 e. The van der Waals surface area contributed by atoms with Gasteiger partial charge in [0.2, 0.25) is 0 Å². The van der Waals surface area contributed by atoms with Gasteiger partial charge in [0.05, 0.1) is 11.4 Å². The molecule has 0 radical (unpaired) electrons. The number of para-hydroxylation sites is 1. The van der Waals surface area contributed by atoms with Crippen molar-refractivity contribution in [2.75, 3.05) is 4.90 Å². The van der Waals surface area contributed by atoms with E-state index in [0.717, 1.165) is 45.3 Å². The standard InChI is InChI=1S/C45H33NO/c1-45(2)38-25-15-14-24-36(38)42-39(45)29-37(31-18-8-4-9-19-31)43-44(42)47-41-27-26-32(28-40(41)46(43)33-20-10-5-11-21-33)35-23-13-12-22-34(35)30-16-6-3-7-17-30/h3-29H,1-2H3. The highest BCUT2D eigenvalue weighted by molar-refractivity contribution is 6.03. The molecule has 1 aliphatic heterocycles. The number of hydrogen-bond donors (Lipinski definition) is 0. The highest BCUT2D eigenvalue weighted by atomic mass is 16.5. The molecule has 0 N–H and O–H groups in total. The number of rotatable bonds is 4. The topological polar surface area (TPSA) is 12.5 Å². The predicted octanol–water partition coefficient (Wildman–Crippen LogP) is 12.6. The van der Waals surface area contributed by atoms with Gasteiger partial charge in [0.15, 0.2) is 11.5 Å². The summed E-state index contributed by atoms with van der Waals surface area (Å²) in [7, 11) is 0. The Balaban J connectivity index is 1.34. The molecule has 0 aromatic heterocycles. The lowest BCUT2D eigenvalue weighted by Gasteiger charge is -2.37. The van der Waals surface area contributed by atoms with Crippen molar-refractivity contribution in [2.45, 2.75) is 19.3 Å². The van der Waals surface area contributed by atoms with E-state index in [2.05, 4.69) is 183 Å². The van der Waals surface area contributed by atoms with Gasteiger partial charge in [0, 0.05) is 22.2 Å². The molecular formula is C45H33NO. The molecule has 1 aliphatic carbocycles. The highest BCUT2D eigenvalue weighted by Gasteiger charge is 2.42. The molecule has 7 aromatic rings. The van der Waals surface area contributed by atoms with Crippen molar-refractivity contribution in [3.8, 4) is 56.0 Å². The lowest BCUT2D eigenvalue weighted by Crippen LogP contribution is -2.19. The Morgan fingerprint density at radius 3 is 1.70 bits per heavy atom. The van der Waals surface area contributed by atoms with Gasteiger partial charge >= 0.3 is 0 Å². The Kier molecular flexibility index (Phi) is 6.20. The van der Waals surface area contributed by atoms with Crippen LogP contribution in [0, 0.1) is 0 Å². The van der Waals surface area contributed by atoms with Crippen molar-refractivity contribution in [3.05, 3.63) is 175 Å². The van der Waals surface area contributed by atoms with Gasteiger partial charge in [-0.05, 0) is 74.8 Å². The molecule has 0 fully saturated rings. The van der Waals surface area contributed by atoms with E-state index in [4.69, 9.17) is 4.74 Å². The molecule has 0 spiro atoms. The number of fused-ring (bicyclic) bond motifs is 6. The summed E-state index contributed by atoms with van der Waals surface area (Å²) in [6.07, 6.45) is 0. The van der Waals surface area contributed by atoms with Crippen LogP contribution in [0.15, 0.2) is 164 Å². The molecule has 0 saturated carbocycles. The van der Waals surface area contributed by atoms with Gasteiger partial charge in [-0.25, -0.2) is 0 Å². The average molecular weight is 604 g/mol. The van der Waals surface area contributed by atoms with E-state index in [1.165, 1.54) is 38.9 Å².